The first-order chi connectivity index (χ1) is 13.2. The molecule has 1 heterocycles. The van der Waals surface area contributed by atoms with Gasteiger partial charge in [0.1, 0.15) is 5.82 Å². The molecule has 2 aliphatic rings. The van der Waals surface area contributed by atoms with E-state index in [1.807, 2.05) is 6.07 Å². The molecule has 0 spiro atoms. The van der Waals surface area contributed by atoms with Crippen molar-refractivity contribution in [2.45, 2.75) is 102 Å². The predicted molar refractivity (Wildman–Crippen MR) is 118 cm³/mol. The quantitative estimate of drug-likeness (QED) is 0.298. The second-order valence-corrected chi connectivity index (χ2v) is 12.5. The van der Waals surface area contributed by atoms with Gasteiger partial charge in [-0.05, 0) is 61.1 Å². The van der Waals surface area contributed by atoms with Crippen LogP contribution in [-0.2, 0) is 0 Å². The van der Waals surface area contributed by atoms with Gasteiger partial charge in [0.2, 0.25) is 0 Å². The number of hydrogen-bond donors (Lipinski definition) is 0. The van der Waals surface area contributed by atoms with E-state index in [-0.39, 0.29) is 19.6 Å². The summed E-state index contributed by atoms with van der Waals surface area (Å²) in [5.41, 5.74) is 1.15. The first-order valence-corrected chi connectivity index (χ1v) is 13.9. The van der Waals surface area contributed by atoms with E-state index >= 15 is 0 Å². The van der Waals surface area contributed by atoms with Gasteiger partial charge < -0.3 is 0 Å². The van der Waals surface area contributed by atoms with Crippen LogP contribution >= 0.6 is 11.6 Å². The Morgan fingerprint density at radius 1 is 0.963 bits per heavy atom. The molecule has 0 amide bonds. The fraction of sp³-hybridized carbons (Fsp3) is 0.750. The molecule has 1 radical (unpaired) electrons. The van der Waals surface area contributed by atoms with Gasteiger partial charge in [-0.2, -0.15) is 0 Å². The fourth-order valence-electron chi connectivity index (χ4n) is 5.39. The summed E-state index contributed by atoms with van der Waals surface area (Å²) in [5, 5.41) is 0.244. The molecule has 1 aromatic rings. The van der Waals surface area contributed by atoms with Crippen molar-refractivity contribution in [2.24, 2.45) is 11.8 Å². The van der Waals surface area contributed by atoms with Crippen molar-refractivity contribution in [2.75, 3.05) is 0 Å². The average molecular weight is 408 g/mol. The lowest BCUT2D eigenvalue weighted by Crippen LogP contribution is -2.21. The van der Waals surface area contributed by atoms with Gasteiger partial charge in [-0.15, -0.1) is 0 Å². The first kappa shape index (κ1) is 21.4. The van der Waals surface area contributed by atoms with E-state index in [1.165, 1.54) is 70.6 Å². The van der Waals surface area contributed by atoms with E-state index in [1.54, 1.807) is 30.3 Å². The summed E-state index contributed by atoms with van der Waals surface area (Å²) in [5.74, 6) is 2.23. The largest absolute Gasteiger partial charge is 0.205 e. The number of benzene rings is 1. The minimum absolute atomic E-state index is 0.0580. The molecular formula is C24H37ClFSi. The van der Waals surface area contributed by atoms with Crippen LogP contribution in [-0.4, -0.2) is 8.80 Å². The lowest BCUT2D eigenvalue weighted by Gasteiger charge is -2.29. The van der Waals surface area contributed by atoms with E-state index in [4.69, 9.17) is 11.6 Å². The standard InChI is InChI=1S/C24H37ClFSi/c1-2-15-27-16-13-20(14-17-27)6-4-3-5-19-7-9-21(10-8-19)22-11-12-23(25)24(26)18-22/h11-12,18-21H,2-10,13-17H2,1H3. The summed E-state index contributed by atoms with van der Waals surface area (Å²) in [6, 6.07) is 10.1. The molecule has 1 saturated carbocycles. The van der Waals surface area contributed by atoms with Crippen LogP contribution < -0.4 is 0 Å². The molecule has 1 aliphatic heterocycles. The van der Waals surface area contributed by atoms with Gasteiger partial charge in [-0.25, -0.2) is 4.39 Å². The number of rotatable bonds is 8. The van der Waals surface area contributed by atoms with E-state index in [0.29, 0.717) is 5.92 Å². The number of halogens is 2. The van der Waals surface area contributed by atoms with Crippen molar-refractivity contribution in [3.63, 3.8) is 0 Å². The van der Waals surface area contributed by atoms with E-state index in [9.17, 15) is 4.39 Å². The molecule has 1 saturated heterocycles. The number of unbranched alkanes of at least 4 members (excludes halogenated alkanes) is 1. The molecule has 3 rings (SSSR count). The smallest absolute Gasteiger partial charge is 0.142 e. The lowest BCUT2D eigenvalue weighted by molar-refractivity contribution is 0.297. The molecule has 0 N–H and O–H groups in total. The van der Waals surface area contributed by atoms with Gasteiger partial charge in [0.15, 0.2) is 0 Å². The number of hydrogen-bond acceptors (Lipinski definition) is 0. The lowest BCUT2D eigenvalue weighted by atomic mass is 9.77. The second-order valence-electron chi connectivity index (χ2n) is 9.12. The van der Waals surface area contributed by atoms with Crippen molar-refractivity contribution >= 4 is 20.4 Å². The average Bonchev–Trinajstić information content (AvgIpc) is 2.69. The van der Waals surface area contributed by atoms with Crippen molar-refractivity contribution in [3.8, 4) is 0 Å². The topological polar surface area (TPSA) is 0 Å². The van der Waals surface area contributed by atoms with Crippen molar-refractivity contribution in [1.82, 2.24) is 0 Å². The third-order valence-electron chi connectivity index (χ3n) is 7.15. The molecule has 27 heavy (non-hydrogen) atoms. The summed E-state index contributed by atoms with van der Waals surface area (Å²) in [6.07, 6.45) is 15.3. The van der Waals surface area contributed by atoms with E-state index in [0.717, 1.165) is 17.4 Å². The Hall–Kier alpha value is -0.343. The van der Waals surface area contributed by atoms with Crippen LogP contribution in [0.15, 0.2) is 18.2 Å². The maximum absolute atomic E-state index is 13.7. The Morgan fingerprint density at radius 3 is 2.19 bits per heavy atom. The highest BCUT2D eigenvalue weighted by atomic mass is 35.5. The molecule has 0 nitrogen and oxygen atoms in total. The summed E-state index contributed by atoms with van der Waals surface area (Å²) in [7, 11) is 0.0580. The first-order valence-electron chi connectivity index (χ1n) is 11.4. The SMILES string of the molecule is CCC[Si]1CCC(CCCCC2CCC(c3ccc(Cl)c(F)c3)CC2)CC1. The maximum Gasteiger partial charge on any atom is 0.142 e. The molecule has 1 aliphatic carbocycles. The molecule has 0 aromatic heterocycles. The summed E-state index contributed by atoms with van der Waals surface area (Å²) >= 11 is 5.82. The Bertz CT molecular complexity index is 559. The Morgan fingerprint density at radius 2 is 1.59 bits per heavy atom. The van der Waals surface area contributed by atoms with Gasteiger partial charge in [-0.1, -0.05) is 87.7 Å². The highest BCUT2D eigenvalue weighted by Gasteiger charge is 2.24. The molecule has 0 bridgehead atoms. The molecule has 151 valence electrons. The fourth-order valence-corrected chi connectivity index (χ4v) is 8.60. The monoisotopic (exact) mass is 407 g/mol. The Balaban J connectivity index is 1.28. The third-order valence-corrected chi connectivity index (χ3v) is 10.7. The minimum Gasteiger partial charge on any atom is -0.205 e. The zero-order valence-electron chi connectivity index (χ0n) is 17.1. The summed E-state index contributed by atoms with van der Waals surface area (Å²) in [4.78, 5) is 0. The Kier molecular flexibility index (Phi) is 8.71. The summed E-state index contributed by atoms with van der Waals surface area (Å²) in [6.45, 7) is 2.35. The van der Waals surface area contributed by atoms with Crippen molar-refractivity contribution < 1.29 is 4.39 Å². The van der Waals surface area contributed by atoms with Crippen molar-refractivity contribution in [3.05, 3.63) is 34.6 Å². The molecule has 0 atom stereocenters. The maximum atomic E-state index is 13.7. The van der Waals surface area contributed by atoms with Gasteiger partial charge in [0, 0.05) is 8.80 Å². The van der Waals surface area contributed by atoms with Crippen LogP contribution in [0.25, 0.3) is 0 Å². The van der Waals surface area contributed by atoms with Gasteiger partial charge in [0.05, 0.1) is 5.02 Å². The zero-order valence-corrected chi connectivity index (χ0v) is 18.9. The zero-order chi connectivity index (χ0) is 19.1. The van der Waals surface area contributed by atoms with Crippen molar-refractivity contribution in [1.29, 1.82) is 0 Å². The molecule has 3 heteroatoms. The van der Waals surface area contributed by atoms with Crippen LogP contribution in [0.2, 0.25) is 23.2 Å². The van der Waals surface area contributed by atoms with E-state index in [2.05, 4.69) is 6.92 Å². The van der Waals surface area contributed by atoms with Crippen LogP contribution in [0.1, 0.15) is 89.0 Å². The Labute approximate surface area is 172 Å². The van der Waals surface area contributed by atoms with Gasteiger partial charge in [-0.3, -0.25) is 0 Å². The van der Waals surface area contributed by atoms with E-state index < -0.39 is 0 Å². The van der Waals surface area contributed by atoms with Gasteiger partial charge in [0.25, 0.3) is 0 Å². The third kappa shape index (κ3) is 6.60. The van der Waals surface area contributed by atoms with Crippen LogP contribution in [0.5, 0.6) is 0 Å². The molecular weight excluding hydrogens is 371 g/mol. The molecule has 0 unspecified atom stereocenters. The molecule has 2 fully saturated rings. The van der Waals surface area contributed by atoms with Gasteiger partial charge >= 0.3 is 0 Å². The minimum atomic E-state index is -0.262. The summed E-state index contributed by atoms with van der Waals surface area (Å²) < 4.78 is 13.7. The van der Waals surface area contributed by atoms with Crippen LogP contribution in [0, 0.1) is 17.7 Å². The van der Waals surface area contributed by atoms with Crippen LogP contribution in [0.4, 0.5) is 4.39 Å². The predicted octanol–water partition coefficient (Wildman–Crippen LogP) is 8.63. The normalized spacial score (nSPS) is 25.0. The second kappa shape index (κ2) is 11.0. The van der Waals surface area contributed by atoms with Crippen LogP contribution in [0.3, 0.4) is 0 Å². The molecule has 1 aromatic carbocycles. The highest BCUT2D eigenvalue weighted by molar-refractivity contribution is 6.58. The highest BCUT2D eigenvalue weighted by Crippen LogP contribution is 2.39.